The van der Waals surface area contributed by atoms with Gasteiger partial charge >= 0.3 is 0 Å². The van der Waals surface area contributed by atoms with Crippen molar-refractivity contribution in [2.75, 3.05) is 30.9 Å². The second-order valence-corrected chi connectivity index (χ2v) is 7.71. The Morgan fingerprint density at radius 3 is 2.75 bits per heavy atom. The van der Waals surface area contributed by atoms with Gasteiger partial charge in [-0.25, -0.2) is 0 Å². The summed E-state index contributed by atoms with van der Waals surface area (Å²) in [7, 11) is 1.78. The second-order valence-electron chi connectivity index (χ2n) is 5.22. The molecule has 0 bridgehead atoms. The van der Waals surface area contributed by atoms with E-state index in [0.717, 1.165) is 12.3 Å². The van der Waals surface area contributed by atoms with Crippen molar-refractivity contribution in [1.29, 1.82) is 0 Å². The van der Waals surface area contributed by atoms with E-state index in [1.54, 1.807) is 7.11 Å². The van der Waals surface area contributed by atoms with Gasteiger partial charge in [0.15, 0.2) is 0 Å². The first-order valence-corrected chi connectivity index (χ1v) is 9.45. The van der Waals surface area contributed by atoms with Crippen molar-refractivity contribution in [3.8, 4) is 5.75 Å². The summed E-state index contributed by atoms with van der Waals surface area (Å²) in [5.41, 5.74) is 3.95. The van der Waals surface area contributed by atoms with E-state index in [0.29, 0.717) is 11.3 Å². The molecule has 4 heteroatoms. The second kappa shape index (κ2) is 7.62. The van der Waals surface area contributed by atoms with Gasteiger partial charge in [-0.05, 0) is 37.6 Å². The third-order valence-electron chi connectivity index (χ3n) is 3.66. The minimum Gasteiger partial charge on any atom is -0.496 e. The number of thioether (sulfide) groups is 2. The lowest BCUT2D eigenvalue weighted by atomic mass is 9.95. The highest BCUT2D eigenvalue weighted by Gasteiger charge is 2.28. The number of hydrogen-bond donors (Lipinski definition) is 1. The average molecular weight is 312 g/mol. The van der Waals surface area contributed by atoms with Crippen LogP contribution >= 0.6 is 23.5 Å². The largest absolute Gasteiger partial charge is 0.496 e. The van der Waals surface area contributed by atoms with E-state index in [9.17, 15) is 0 Å². The van der Waals surface area contributed by atoms with Crippen molar-refractivity contribution in [3.05, 3.63) is 28.8 Å². The van der Waals surface area contributed by atoms with Crippen LogP contribution in [0.2, 0.25) is 0 Å². The van der Waals surface area contributed by atoms with Gasteiger partial charge in [0.25, 0.3) is 0 Å². The standard InChI is InChI=1S/C16H25NOS2/c1-5-17-16(14-10-19-6-7-20-14)15-12(3)8-11(2)9-13(15)18-4/h8-9,14,16-17H,5-7,10H2,1-4H3. The predicted octanol–water partition coefficient (Wildman–Crippen LogP) is 3.81. The summed E-state index contributed by atoms with van der Waals surface area (Å²) in [6.45, 7) is 7.51. The Morgan fingerprint density at radius 1 is 1.35 bits per heavy atom. The zero-order chi connectivity index (χ0) is 14.5. The maximum Gasteiger partial charge on any atom is 0.124 e. The minimum absolute atomic E-state index is 0.383. The predicted molar refractivity (Wildman–Crippen MR) is 92.5 cm³/mol. The maximum atomic E-state index is 5.67. The van der Waals surface area contributed by atoms with E-state index in [-0.39, 0.29) is 0 Å². The number of ether oxygens (including phenoxy) is 1. The fourth-order valence-electron chi connectivity index (χ4n) is 2.84. The molecule has 1 aromatic rings. The van der Waals surface area contributed by atoms with E-state index in [1.165, 1.54) is 33.9 Å². The lowest BCUT2D eigenvalue weighted by Crippen LogP contribution is -2.34. The van der Waals surface area contributed by atoms with Gasteiger partial charge in [0.2, 0.25) is 0 Å². The number of benzene rings is 1. The first-order chi connectivity index (χ1) is 9.67. The molecule has 2 rings (SSSR count). The van der Waals surface area contributed by atoms with E-state index >= 15 is 0 Å². The minimum atomic E-state index is 0.383. The zero-order valence-electron chi connectivity index (χ0n) is 12.9. The van der Waals surface area contributed by atoms with Crippen molar-refractivity contribution in [2.45, 2.75) is 32.1 Å². The molecule has 20 heavy (non-hydrogen) atoms. The molecule has 0 amide bonds. The first kappa shape index (κ1) is 16.1. The summed E-state index contributed by atoms with van der Waals surface area (Å²) in [6, 6.07) is 4.81. The highest BCUT2D eigenvalue weighted by molar-refractivity contribution is 8.06. The van der Waals surface area contributed by atoms with Gasteiger partial charge in [0.1, 0.15) is 5.75 Å². The molecule has 2 atom stereocenters. The van der Waals surface area contributed by atoms with Crippen molar-refractivity contribution in [2.24, 2.45) is 0 Å². The Bertz CT molecular complexity index is 444. The van der Waals surface area contributed by atoms with Crippen LogP contribution in [0.5, 0.6) is 5.75 Å². The third kappa shape index (κ3) is 3.66. The van der Waals surface area contributed by atoms with Crippen LogP contribution in [0.1, 0.15) is 29.7 Å². The summed E-state index contributed by atoms with van der Waals surface area (Å²) in [5.74, 6) is 4.79. The molecular formula is C16H25NOS2. The Kier molecular flexibility index (Phi) is 6.12. The summed E-state index contributed by atoms with van der Waals surface area (Å²) < 4.78 is 5.67. The Hall–Kier alpha value is -0.320. The van der Waals surface area contributed by atoms with Gasteiger partial charge in [-0.15, -0.1) is 0 Å². The molecule has 2 unspecified atom stereocenters. The molecule has 1 fully saturated rings. The molecular weight excluding hydrogens is 286 g/mol. The van der Waals surface area contributed by atoms with E-state index < -0.39 is 0 Å². The van der Waals surface area contributed by atoms with Crippen LogP contribution in [0, 0.1) is 13.8 Å². The molecule has 0 aromatic heterocycles. The van der Waals surface area contributed by atoms with Crippen LogP contribution in [0.3, 0.4) is 0 Å². The van der Waals surface area contributed by atoms with E-state index in [4.69, 9.17) is 4.74 Å². The third-order valence-corrected chi connectivity index (χ3v) is 6.53. The highest BCUT2D eigenvalue weighted by atomic mass is 32.2. The Morgan fingerprint density at radius 2 is 2.15 bits per heavy atom. The molecule has 1 aliphatic heterocycles. The van der Waals surface area contributed by atoms with Gasteiger partial charge in [0, 0.05) is 34.1 Å². The molecule has 2 nitrogen and oxygen atoms in total. The Balaban J connectivity index is 2.37. The summed E-state index contributed by atoms with van der Waals surface area (Å²) in [4.78, 5) is 0. The van der Waals surface area contributed by atoms with Gasteiger partial charge in [-0.3, -0.25) is 0 Å². The lowest BCUT2D eigenvalue weighted by molar-refractivity contribution is 0.398. The SMILES string of the molecule is CCNC(c1c(C)cc(C)cc1OC)C1CSCCS1. The molecule has 112 valence electrons. The number of rotatable bonds is 5. The van der Waals surface area contributed by atoms with Crippen LogP contribution in [0.15, 0.2) is 12.1 Å². The fraction of sp³-hybridized carbons (Fsp3) is 0.625. The molecule has 1 aliphatic rings. The van der Waals surface area contributed by atoms with Crippen LogP contribution in [0.25, 0.3) is 0 Å². The molecule has 0 aliphatic carbocycles. The van der Waals surface area contributed by atoms with Gasteiger partial charge in [-0.1, -0.05) is 13.0 Å². The molecule has 1 saturated heterocycles. The molecule has 1 heterocycles. The van der Waals surface area contributed by atoms with Crippen LogP contribution in [-0.4, -0.2) is 36.2 Å². The van der Waals surface area contributed by atoms with Crippen LogP contribution in [-0.2, 0) is 0 Å². The Labute approximate surface area is 131 Å². The van der Waals surface area contributed by atoms with E-state index in [2.05, 4.69) is 61.7 Å². The summed E-state index contributed by atoms with van der Waals surface area (Å²) in [5, 5.41) is 4.32. The van der Waals surface area contributed by atoms with Gasteiger partial charge in [-0.2, -0.15) is 23.5 Å². The molecule has 0 spiro atoms. The smallest absolute Gasteiger partial charge is 0.124 e. The molecule has 1 aromatic carbocycles. The number of nitrogens with one attached hydrogen (secondary N) is 1. The molecule has 0 saturated carbocycles. The first-order valence-electron chi connectivity index (χ1n) is 7.25. The normalized spacial score (nSPS) is 20.7. The monoisotopic (exact) mass is 311 g/mol. The topological polar surface area (TPSA) is 21.3 Å². The van der Waals surface area contributed by atoms with Gasteiger partial charge < -0.3 is 10.1 Å². The number of aryl methyl sites for hydroxylation is 2. The average Bonchev–Trinajstić information content (AvgIpc) is 2.45. The van der Waals surface area contributed by atoms with E-state index in [1.807, 2.05) is 0 Å². The van der Waals surface area contributed by atoms with Crippen molar-refractivity contribution in [3.63, 3.8) is 0 Å². The molecule has 0 radical (unpaired) electrons. The quantitative estimate of drug-likeness (QED) is 0.892. The highest BCUT2D eigenvalue weighted by Crippen LogP contribution is 2.39. The fourth-order valence-corrected chi connectivity index (χ4v) is 5.69. The maximum absolute atomic E-state index is 5.67. The lowest BCUT2D eigenvalue weighted by Gasteiger charge is -2.32. The number of hydrogen-bond acceptors (Lipinski definition) is 4. The molecule has 1 N–H and O–H groups in total. The van der Waals surface area contributed by atoms with Crippen LogP contribution in [0.4, 0.5) is 0 Å². The summed E-state index contributed by atoms with van der Waals surface area (Å²) in [6.07, 6.45) is 0. The van der Waals surface area contributed by atoms with Crippen molar-refractivity contribution in [1.82, 2.24) is 5.32 Å². The number of methoxy groups -OCH3 is 1. The summed E-state index contributed by atoms with van der Waals surface area (Å²) >= 11 is 4.17. The van der Waals surface area contributed by atoms with Crippen molar-refractivity contribution < 1.29 is 4.74 Å². The van der Waals surface area contributed by atoms with Crippen molar-refractivity contribution >= 4 is 23.5 Å². The van der Waals surface area contributed by atoms with Crippen LogP contribution < -0.4 is 10.1 Å². The zero-order valence-corrected chi connectivity index (χ0v) is 14.5. The van der Waals surface area contributed by atoms with Gasteiger partial charge in [0.05, 0.1) is 7.11 Å².